The lowest BCUT2D eigenvalue weighted by atomic mass is 9.70. The van der Waals surface area contributed by atoms with Crippen LogP contribution in [0.25, 0.3) is 0 Å². The maximum absolute atomic E-state index is 11.8. The Labute approximate surface area is 124 Å². The molecule has 2 fully saturated rings. The monoisotopic (exact) mass is 283 g/mol. The van der Waals surface area contributed by atoms with Gasteiger partial charge >= 0.3 is 5.97 Å². The number of fused-ring (bicyclic) bond motifs is 1. The average Bonchev–Trinajstić information content (AvgIpc) is 3.38. The van der Waals surface area contributed by atoms with Crippen molar-refractivity contribution in [3.63, 3.8) is 0 Å². The van der Waals surface area contributed by atoms with Gasteiger partial charge in [0.2, 0.25) is 7.28 Å². The normalized spacial score (nSPS) is 19.6. The molecule has 6 heteroatoms. The van der Waals surface area contributed by atoms with Crippen molar-refractivity contribution in [3.05, 3.63) is 17.8 Å². The molecule has 0 bridgehead atoms. The minimum atomic E-state index is -0.303. The van der Waals surface area contributed by atoms with Crippen molar-refractivity contribution in [2.24, 2.45) is 4.99 Å². The first-order valence-corrected chi connectivity index (χ1v) is 7.78. The van der Waals surface area contributed by atoms with Crippen LogP contribution in [0.2, 0.25) is 0 Å². The van der Waals surface area contributed by atoms with Gasteiger partial charge in [-0.15, -0.1) is 0 Å². The van der Waals surface area contributed by atoms with Crippen molar-refractivity contribution in [2.75, 3.05) is 6.61 Å². The molecule has 1 aromatic rings. The quantitative estimate of drug-likeness (QED) is 0.610. The third kappa shape index (κ3) is 2.43. The second-order valence-electron chi connectivity index (χ2n) is 6.00. The lowest BCUT2D eigenvalue weighted by Crippen LogP contribution is -2.40. The van der Waals surface area contributed by atoms with Gasteiger partial charge in [-0.05, 0) is 44.1 Å². The number of hydrogen-bond donors (Lipinski definition) is 0. The molecule has 5 nitrogen and oxygen atoms in total. The smallest absolute Gasteiger partial charge is 0.339 e. The molecule has 0 unspecified atom stereocenters. The van der Waals surface area contributed by atoms with E-state index in [2.05, 4.69) is 9.88 Å². The Bertz CT molecular complexity index is 611. The highest BCUT2D eigenvalue weighted by molar-refractivity contribution is 6.87. The molecule has 3 aliphatic rings. The molecule has 1 aromatic heterocycles. The van der Waals surface area contributed by atoms with Gasteiger partial charge in [-0.2, -0.15) is 0 Å². The van der Waals surface area contributed by atoms with Crippen molar-refractivity contribution in [1.82, 2.24) is 9.88 Å². The Morgan fingerprint density at radius 2 is 2.10 bits per heavy atom. The molecule has 4 rings (SSSR count). The van der Waals surface area contributed by atoms with Gasteiger partial charge in [0.1, 0.15) is 5.82 Å². The van der Waals surface area contributed by atoms with Gasteiger partial charge in [0, 0.05) is 18.3 Å². The largest absolute Gasteiger partial charge is 0.462 e. The first kappa shape index (κ1) is 12.9. The third-order valence-corrected chi connectivity index (χ3v) is 4.22. The number of amidine groups is 1. The molecule has 0 atom stereocenters. The van der Waals surface area contributed by atoms with Crippen LogP contribution in [0.4, 0.5) is 5.82 Å². The minimum Gasteiger partial charge on any atom is -0.462 e. The van der Waals surface area contributed by atoms with Crippen LogP contribution in [0.15, 0.2) is 17.3 Å². The van der Waals surface area contributed by atoms with E-state index < -0.39 is 0 Å². The van der Waals surface area contributed by atoms with E-state index in [0.717, 1.165) is 24.3 Å². The molecule has 0 amide bonds. The number of carbonyl (C=O) groups is 1. The van der Waals surface area contributed by atoms with E-state index in [1.54, 1.807) is 6.20 Å². The summed E-state index contributed by atoms with van der Waals surface area (Å²) in [5.74, 6) is 0.465. The Morgan fingerprint density at radius 3 is 2.71 bits per heavy atom. The standard InChI is InChI=1S/C15H18BN3O2/c1-2-21-14(20)9-7-12-13(17-8-9)18-15(16-12)19(10-3-4-10)11-5-6-11/h7-8,10-11,16H,2-6H2,1H3. The number of pyridine rings is 1. The minimum absolute atomic E-state index is 0.303. The lowest BCUT2D eigenvalue weighted by Gasteiger charge is -2.24. The van der Waals surface area contributed by atoms with Crippen LogP contribution >= 0.6 is 0 Å². The Hall–Kier alpha value is -1.85. The zero-order chi connectivity index (χ0) is 14.4. The molecule has 0 aromatic carbocycles. The summed E-state index contributed by atoms with van der Waals surface area (Å²) in [6.45, 7) is 2.19. The van der Waals surface area contributed by atoms with E-state index in [9.17, 15) is 4.79 Å². The summed E-state index contributed by atoms with van der Waals surface area (Å²) >= 11 is 0. The lowest BCUT2D eigenvalue weighted by molar-refractivity contribution is 0.0526. The maximum atomic E-state index is 11.8. The summed E-state index contributed by atoms with van der Waals surface area (Å²) in [5.41, 5.74) is 2.71. The van der Waals surface area contributed by atoms with Gasteiger partial charge < -0.3 is 9.64 Å². The molecular weight excluding hydrogens is 265 g/mol. The average molecular weight is 283 g/mol. The maximum Gasteiger partial charge on any atom is 0.339 e. The SMILES string of the molecule is CCOC(=O)c1cnc2c(c1)BC(N(C1CC1)C1CC1)=N2. The van der Waals surface area contributed by atoms with Crippen LogP contribution in [0.3, 0.4) is 0 Å². The zero-order valence-corrected chi connectivity index (χ0v) is 12.2. The summed E-state index contributed by atoms with van der Waals surface area (Å²) in [6, 6.07) is 3.26. The number of hydrogen-bond acceptors (Lipinski definition) is 5. The van der Waals surface area contributed by atoms with E-state index in [1.165, 1.54) is 25.7 Å². The van der Waals surface area contributed by atoms with E-state index in [1.807, 2.05) is 13.0 Å². The Kier molecular flexibility index (Phi) is 2.98. The third-order valence-electron chi connectivity index (χ3n) is 4.22. The highest BCUT2D eigenvalue weighted by Crippen LogP contribution is 2.38. The van der Waals surface area contributed by atoms with Crippen LogP contribution in [-0.2, 0) is 4.74 Å². The summed E-state index contributed by atoms with van der Waals surface area (Å²) in [5, 5.41) is 0. The number of esters is 1. The van der Waals surface area contributed by atoms with Gasteiger partial charge in [-0.25, -0.2) is 14.8 Å². The number of carbonyl (C=O) groups excluding carboxylic acids is 1. The molecule has 0 N–H and O–H groups in total. The van der Waals surface area contributed by atoms with Crippen LogP contribution < -0.4 is 5.46 Å². The fraction of sp³-hybridized carbons (Fsp3) is 0.533. The highest BCUT2D eigenvalue weighted by atomic mass is 16.5. The van der Waals surface area contributed by atoms with Crippen molar-refractivity contribution in [2.45, 2.75) is 44.7 Å². The number of aliphatic imine (C=N–C) groups is 1. The molecule has 0 saturated heterocycles. The number of aromatic nitrogens is 1. The number of nitrogens with zero attached hydrogens (tertiary/aromatic N) is 3. The molecule has 21 heavy (non-hydrogen) atoms. The van der Waals surface area contributed by atoms with Crippen LogP contribution in [-0.4, -0.2) is 47.6 Å². The summed E-state index contributed by atoms with van der Waals surface area (Å²) in [7, 11) is 0.794. The molecule has 2 aliphatic carbocycles. The molecule has 2 saturated carbocycles. The summed E-state index contributed by atoms with van der Waals surface area (Å²) in [4.78, 5) is 23.3. The first-order valence-electron chi connectivity index (χ1n) is 7.78. The predicted molar refractivity (Wildman–Crippen MR) is 82.0 cm³/mol. The first-order chi connectivity index (χ1) is 10.3. The number of rotatable bonds is 4. The van der Waals surface area contributed by atoms with Gasteiger partial charge in [0.15, 0.2) is 0 Å². The fourth-order valence-corrected chi connectivity index (χ4v) is 2.97. The van der Waals surface area contributed by atoms with E-state index in [-0.39, 0.29) is 5.97 Å². The Balaban J connectivity index is 1.55. The molecule has 1 aliphatic heterocycles. The Morgan fingerprint density at radius 1 is 1.38 bits per heavy atom. The second-order valence-corrected chi connectivity index (χ2v) is 6.00. The zero-order valence-electron chi connectivity index (χ0n) is 12.2. The molecule has 0 spiro atoms. The van der Waals surface area contributed by atoms with E-state index in [0.29, 0.717) is 24.3 Å². The van der Waals surface area contributed by atoms with Crippen molar-refractivity contribution >= 4 is 30.3 Å². The summed E-state index contributed by atoms with van der Waals surface area (Å²) in [6.07, 6.45) is 6.71. The van der Waals surface area contributed by atoms with Crippen LogP contribution in [0, 0.1) is 0 Å². The fourth-order valence-electron chi connectivity index (χ4n) is 2.97. The van der Waals surface area contributed by atoms with Crippen molar-refractivity contribution < 1.29 is 9.53 Å². The topological polar surface area (TPSA) is 54.8 Å². The van der Waals surface area contributed by atoms with Crippen LogP contribution in [0.1, 0.15) is 43.0 Å². The van der Waals surface area contributed by atoms with Crippen molar-refractivity contribution in [3.8, 4) is 0 Å². The van der Waals surface area contributed by atoms with Crippen molar-refractivity contribution in [1.29, 1.82) is 0 Å². The molecular formula is C15H18BN3O2. The van der Waals surface area contributed by atoms with E-state index >= 15 is 0 Å². The van der Waals surface area contributed by atoms with Crippen LogP contribution in [0.5, 0.6) is 0 Å². The predicted octanol–water partition coefficient (Wildman–Crippen LogP) is 0.948. The van der Waals surface area contributed by atoms with Gasteiger partial charge in [-0.1, -0.05) is 0 Å². The highest BCUT2D eigenvalue weighted by Gasteiger charge is 2.42. The molecule has 108 valence electrons. The molecule has 2 heterocycles. The van der Waals surface area contributed by atoms with E-state index in [4.69, 9.17) is 9.73 Å². The summed E-state index contributed by atoms with van der Waals surface area (Å²) < 4.78 is 5.03. The number of ether oxygens (including phenoxy) is 1. The molecule has 0 radical (unpaired) electrons. The van der Waals surface area contributed by atoms with Gasteiger partial charge in [0.25, 0.3) is 0 Å². The second kappa shape index (κ2) is 4.86. The van der Waals surface area contributed by atoms with Gasteiger partial charge in [0.05, 0.1) is 17.9 Å². The van der Waals surface area contributed by atoms with Gasteiger partial charge in [-0.3, -0.25) is 0 Å².